The van der Waals surface area contributed by atoms with Gasteiger partial charge < -0.3 is 5.73 Å². The van der Waals surface area contributed by atoms with Crippen LogP contribution in [-0.2, 0) is 0 Å². The fourth-order valence-electron chi connectivity index (χ4n) is 0.629. The molecule has 0 aliphatic carbocycles. The average Bonchev–Trinajstić information content (AvgIpc) is 1.85. The second-order valence-electron chi connectivity index (χ2n) is 1.84. The first kappa shape index (κ1) is 8.30. The van der Waals surface area contributed by atoms with Gasteiger partial charge in [0.05, 0.1) is 10.6 Å². The molecule has 1 aromatic rings. The van der Waals surface area contributed by atoms with Crippen LogP contribution in [-0.4, -0.2) is 11.3 Å². The monoisotopic (exact) mass is 190 g/mol. The van der Waals surface area contributed by atoms with Crippen molar-refractivity contribution in [3.63, 3.8) is 0 Å². The maximum atomic E-state index is 10.3. The summed E-state index contributed by atoms with van der Waals surface area (Å²) in [5, 5.41) is 0.399. The Morgan fingerprint density at radius 3 is 2.64 bits per heavy atom. The Bertz CT molecular complexity index is 278. The van der Waals surface area contributed by atoms with E-state index in [1.165, 1.54) is 6.07 Å². The standard InChI is InChI=1S/C6H4Cl2N2O/c7-4-1-5(8)10-6(9)3(4)2-11/h1-2H,(H2,9,10). The summed E-state index contributed by atoms with van der Waals surface area (Å²) in [4.78, 5) is 13.9. The maximum Gasteiger partial charge on any atom is 0.155 e. The number of nitrogens with zero attached hydrogens (tertiary/aromatic N) is 1. The molecule has 3 nitrogen and oxygen atoms in total. The molecule has 0 aliphatic heterocycles. The highest BCUT2D eigenvalue weighted by atomic mass is 35.5. The van der Waals surface area contributed by atoms with Crippen molar-refractivity contribution >= 4 is 35.3 Å². The lowest BCUT2D eigenvalue weighted by Gasteiger charge is -1.99. The number of carbonyl (C=O) groups is 1. The van der Waals surface area contributed by atoms with Gasteiger partial charge >= 0.3 is 0 Å². The molecule has 0 saturated heterocycles. The molecule has 0 aromatic carbocycles. The number of carbonyl (C=O) groups excluding carboxylic acids is 1. The van der Waals surface area contributed by atoms with E-state index in [1.807, 2.05) is 0 Å². The fourth-order valence-corrected chi connectivity index (χ4v) is 1.13. The SMILES string of the molecule is Nc1nc(Cl)cc(Cl)c1C=O. The lowest BCUT2D eigenvalue weighted by atomic mass is 10.3. The Morgan fingerprint density at radius 2 is 2.18 bits per heavy atom. The number of nitrogen functional groups attached to an aromatic ring is 1. The van der Waals surface area contributed by atoms with Crippen molar-refractivity contribution in [1.82, 2.24) is 4.98 Å². The van der Waals surface area contributed by atoms with E-state index in [2.05, 4.69) is 4.98 Å². The summed E-state index contributed by atoms with van der Waals surface area (Å²) >= 11 is 11.1. The summed E-state index contributed by atoms with van der Waals surface area (Å²) in [7, 11) is 0. The number of aromatic nitrogens is 1. The normalized spacial score (nSPS) is 9.64. The van der Waals surface area contributed by atoms with Crippen LogP contribution in [0.3, 0.4) is 0 Å². The minimum Gasteiger partial charge on any atom is -0.383 e. The van der Waals surface area contributed by atoms with Crippen molar-refractivity contribution in [3.05, 3.63) is 21.8 Å². The smallest absolute Gasteiger partial charge is 0.155 e. The molecular formula is C6H4Cl2N2O. The van der Waals surface area contributed by atoms with E-state index in [1.54, 1.807) is 0 Å². The van der Waals surface area contributed by atoms with E-state index < -0.39 is 0 Å². The third kappa shape index (κ3) is 1.61. The largest absolute Gasteiger partial charge is 0.383 e. The molecule has 0 fully saturated rings. The second kappa shape index (κ2) is 3.07. The molecule has 1 heterocycles. The molecule has 58 valence electrons. The van der Waals surface area contributed by atoms with Gasteiger partial charge in [-0.1, -0.05) is 23.2 Å². The number of nitrogens with two attached hydrogens (primary N) is 1. The summed E-state index contributed by atoms with van der Waals surface area (Å²) in [6, 6.07) is 1.36. The van der Waals surface area contributed by atoms with Gasteiger partial charge in [-0.2, -0.15) is 0 Å². The molecule has 0 aliphatic rings. The highest BCUT2D eigenvalue weighted by Gasteiger charge is 2.05. The molecule has 11 heavy (non-hydrogen) atoms. The number of aldehydes is 1. The third-order valence-corrected chi connectivity index (χ3v) is 1.63. The number of anilines is 1. The number of pyridine rings is 1. The molecule has 1 rings (SSSR count). The zero-order valence-electron chi connectivity index (χ0n) is 5.34. The second-order valence-corrected chi connectivity index (χ2v) is 2.64. The molecule has 0 amide bonds. The molecule has 0 spiro atoms. The van der Waals surface area contributed by atoms with Crippen LogP contribution < -0.4 is 5.73 Å². The Kier molecular flexibility index (Phi) is 2.31. The zero-order chi connectivity index (χ0) is 8.43. The summed E-state index contributed by atoms with van der Waals surface area (Å²) in [5.41, 5.74) is 5.50. The topological polar surface area (TPSA) is 56.0 Å². The number of halogens is 2. The number of hydrogen-bond acceptors (Lipinski definition) is 3. The molecule has 2 N–H and O–H groups in total. The molecule has 0 saturated carbocycles. The summed E-state index contributed by atoms with van der Waals surface area (Å²) in [5.74, 6) is 0.0532. The Morgan fingerprint density at radius 1 is 1.55 bits per heavy atom. The highest BCUT2D eigenvalue weighted by Crippen LogP contribution is 2.21. The van der Waals surface area contributed by atoms with Crippen molar-refractivity contribution in [3.8, 4) is 0 Å². The van der Waals surface area contributed by atoms with Crippen LogP contribution in [0.15, 0.2) is 6.07 Å². The van der Waals surface area contributed by atoms with E-state index in [9.17, 15) is 4.79 Å². The fraction of sp³-hybridized carbons (Fsp3) is 0. The van der Waals surface area contributed by atoms with Gasteiger partial charge in [0.15, 0.2) is 6.29 Å². The van der Waals surface area contributed by atoms with Gasteiger partial charge in [-0.15, -0.1) is 0 Å². The van der Waals surface area contributed by atoms with Gasteiger partial charge in [0, 0.05) is 0 Å². The van der Waals surface area contributed by atoms with Gasteiger partial charge in [-0.25, -0.2) is 4.98 Å². The molecule has 0 bridgehead atoms. The first-order valence-corrected chi connectivity index (χ1v) is 3.47. The van der Waals surface area contributed by atoms with Crippen molar-refractivity contribution in [2.45, 2.75) is 0 Å². The van der Waals surface area contributed by atoms with Gasteiger partial charge in [0.25, 0.3) is 0 Å². The average molecular weight is 191 g/mol. The zero-order valence-corrected chi connectivity index (χ0v) is 6.86. The maximum absolute atomic E-state index is 10.3. The van der Waals surface area contributed by atoms with Gasteiger partial charge in [-0.3, -0.25) is 4.79 Å². The van der Waals surface area contributed by atoms with Crippen LogP contribution in [0, 0.1) is 0 Å². The van der Waals surface area contributed by atoms with Gasteiger partial charge in [0.2, 0.25) is 0 Å². The Labute approximate surface area is 73.1 Å². The molecule has 5 heteroatoms. The van der Waals surface area contributed by atoms with E-state index in [-0.39, 0.29) is 21.6 Å². The first-order valence-electron chi connectivity index (χ1n) is 2.72. The van der Waals surface area contributed by atoms with Crippen LogP contribution in [0.2, 0.25) is 10.2 Å². The van der Waals surface area contributed by atoms with Crippen LogP contribution in [0.25, 0.3) is 0 Å². The van der Waals surface area contributed by atoms with Crippen LogP contribution in [0.5, 0.6) is 0 Å². The highest BCUT2D eigenvalue weighted by molar-refractivity contribution is 6.36. The van der Waals surface area contributed by atoms with Crippen molar-refractivity contribution in [2.75, 3.05) is 5.73 Å². The molecule has 0 radical (unpaired) electrons. The van der Waals surface area contributed by atoms with Crippen molar-refractivity contribution in [2.24, 2.45) is 0 Å². The molecule has 0 unspecified atom stereocenters. The predicted molar refractivity (Wildman–Crippen MR) is 44.1 cm³/mol. The summed E-state index contributed by atoms with van der Waals surface area (Å²) in [6.07, 6.45) is 0.543. The summed E-state index contributed by atoms with van der Waals surface area (Å²) < 4.78 is 0. The third-order valence-electron chi connectivity index (χ3n) is 1.12. The molecule has 0 atom stereocenters. The lowest BCUT2D eigenvalue weighted by Crippen LogP contribution is -1.97. The van der Waals surface area contributed by atoms with Crippen LogP contribution in [0.1, 0.15) is 10.4 Å². The van der Waals surface area contributed by atoms with E-state index in [0.29, 0.717) is 6.29 Å². The number of hydrogen-bond donors (Lipinski definition) is 1. The van der Waals surface area contributed by atoms with Gasteiger partial charge in [0.1, 0.15) is 11.0 Å². The van der Waals surface area contributed by atoms with Crippen molar-refractivity contribution < 1.29 is 4.79 Å². The summed E-state index contributed by atoms with van der Waals surface area (Å²) in [6.45, 7) is 0. The van der Waals surface area contributed by atoms with E-state index >= 15 is 0 Å². The Balaban J connectivity index is 3.36. The minimum absolute atomic E-state index is 0.0532. The lowest BCUT2D eigenvalue weighted by molar-refractivity contribution is 0.112. The minimum atomic E-state index is 0.0532. The molecular weight excluding hydrogens is 187 g/mol. The first-order chi connectivity index (χ1) is 5.15. The van der Waals surface area contributed by atoms with Crippen LogP contribution >= 0.6 is 23.2 Å². The van der Waals surface area contributed by atoms with Crippen LogP contribution in [0.4, 0.5) is 5.82 Å². The van der Waals surface area contributed by atoms with E-state index in [0.717, 1.165) is 0 Å². The van der Waals surface area contributed by atoms with Crippen molar-refractivity contribution in [1.29, 1.82) is 0 Å². The number of rotatable bonds is 1. The molecule has 1 aromatic heterocycles. The van der Waals surface area contributed by atoms with E-state index in [4.69, 9.17) is 28.9 Å². The quantitative estimate of drug-likeness (QED) is 0.543. The Hall–Kier alpha value is -0.800. The van der Waals surface area contributed by atoms with Gasteiger partial charge in [-0.05, 0) is 6.07 Å². The predicted octanol–water partition coefficient (Wildman–Crippen LogP) is 1.78.